The second-order valence-electron chi connectivity index (χ2n) is 8.97. The van der Waals surface area contributed by atoms with Crippen LogP contribution in [0.4, 0.5) is 4.39 Å². The number of nitrogens with zero attached hydrogens (tertiary/aromatic N) is 1. The molecule has 0 radical (unpaired) electrons. The summed E-state index contributed by atoms with van der Waals surface area (Å²) in [6.07, 6.45) is 0.727. The molecule has 3 rings (SSSR count). The topological polar surface area (TPSA) is 95.6 Å². The number of thiophene rings is 1. The van der Waals surface area contributed by atoms with E-state index in [0.29, 0.717) is 11.3 Å². The van der Waals surface area contributed by atoms with Crippen LogP contribution in [0.15, 0.2) is 47.4 Å². The Bertz CT molecular complexity index is 1360. The summed E-state index contributed by atoms with van der Waals surface area (Å²) in [4.78, 5) is 25.9. The normalized spacial score (nSPS) is 12.8. The van der Waals surface area contributed by atoms with Crippen LogP contribution in [-0.2, 0) is 14.8 Å². The summed E-state index contributed by atoms with van der Waals surface area (Å²) in [6, 6.07) is 10.6. The molecule has 1 atom stereocenters. The second kappa shape index (κ2) is 12.5. The Balaban J connectivity index is 1.57. The SMILES string of the molecule is CC(C)C[C@H](NC(=O)c1cc2ccccc2s1)C(=O)NCCCN(C)S(=O)(=O)c1cc(F)c(Cl)cc1Cl. The van der Waals surface area contributed by atoms with Crippen LogP contribution in [-0.4, -0.2) is 50.7 Å². The predicted octanol–water partition coefficient (Wildman–Crippen LogP) is 5.32. The standard InChI is InChI=1S/C25H28Cl2FN3O4S2/c1-15(2)11-20(30-25(33)22-12-16-7-4-5-8-21(16)36-22)24(32)29-9-6-10-31(3)37(34,35)23-14-19(28)17(26)13-18(23)27/h4-5,7-8,12-15,20H,6,9-11H2,1-3H3,(H,29,32)(H,30,33)/t20-/m0/s1. The monoisotopic (exact) mass is 587 g/mol. The quantitative estimate of drug-likeness (QED) is 0.234. The van der Waals surface area contributed by atoms with E-state index in [1.54, 1.807) is 6.07 Å². The van der Waals surface area contributed by atoms with Gasteiger partial charge < -0.3 is 10.6 Å². The number of carbonyl (C=O) groups is 2. The minimum absolute atomic E-state index is 0.0478. The van der Waals surface area contributed by atoms with Crippen molar-refractivity contribution >= 4 is 66.5 Å². The largest absolute Gasteiger partial charge is 0.354 e. The van der Waals surface area contributed by atoms with Gasteiger partial charge in [0.1, 0.15) is 16.8 Å². The number of rotatable bonds is 11. The molecule has 0 aliphatic carbocycles. The summed E-state index contributed by atoms with van der Waals surface area (Å²) in [7, 11) is -2.73. The van der Waals surface area contributed by atoms with E-state index in [1.165, 1.54) is 18.4 Å². The molecular formula is C25H28Cl2FN3O4S2. The number of amides is 2. The first kappa shape index (κ1) is 29.3. The highest BCUT2D eigenvalue weighted by molar-refractivity contribution is 7.89. The molecule has 0 unspecified atom stereocenters. The number of hydrogen-bond acceptors (Lipinski definition) is 5. The Labute approximate surface area is 230 Å². The van der Waals surface area contributed by atoms with Crippen molar-refractivity contribution in [2.75, 3.05) is 20.1 Å². The van der Waals surface area contributed by atoms with Gasteiger partial charge in [0.2, 0.25) is 15.9 Å². The van der Waals surface area contributed by atoms with E-state index in [-0.39, 0.29) is 52.2 Å². The highest BCUT2D eigenvalue weighted by Gasteiger charge is 2.26. The molecular weight excluding hydrogens is 560 g/mol. The molecule has 0 aliphatic rings. The van der Waals surface area contributed by atoms with E-state index in [4.69, 9.17) is 23.2 Å². The van der Waals surface area contributed by atoms with Crippen LogP contribution in [0.25, 0.3) is 10.1 Å². The zero-order valence-electron chi connectivity index (χ0n) is 20.6. The third-order valence-corrected chi connectivity index (χ3v) is 9.32. The van der Waals surface area contributed by atoms with Crippen molar-refractivity contribution in [3.8, 4) is 0 Å². The van der Waals surface area contributed by atoms with Crippen LogP contribution < -0.4 is 10.6 Å². The van der Waals surface area contributed by atoms with Crippen molar-refractivity contribution in [1.29, 1.82) is 0 Å². The Morgan fingerprint density at radius 1 is 1.11 bits per heavy atom. The number of carbonyl (C=O) groups excluding carboxylic acids is 2. The van der Waals surface area contributed by atoms with Crippen molar-refractivity contribution in [2.45, 2.75) is 37.6 Å². The fourth-order valence-electron chi connectivity index (χ4n) is 3.65. The van der Waals surface area contributed by atoms with E-state index in [2.05, 4.69) is 10.6 Å². The molecule has 2 amide bonds. The van der Waals surface area contributed by atoms with E-state index in [0.717, 1.165) is 26.5 Å². The van der Waals surface area contributed by atoms with Crippen LogP contribution in [0.3, 0.4) is 0 Å². The first-order chi connectivity index (χ1) is 17.4. The first-order valence-electron chi connectivity index (χ1n) is 11.6. The van der Waals surface area contributed by atoms with E-state index < -0.39 is 21.9 Å². The smallest absolute Gasteiger partial charge is 0.262 e. The number of hydrogen-bond donors (Lipinski definition) is 2. The molecule has 37 heavy (non-hydrogen) atoms. The van der Waals surface area contributed by atoms with Gasteiger partial charge in [0.05, 0.1) is 14.9 Å². The van der Waals surface area contributed by atoms with Gasteiger partial charge >= 0.3 is 0 Å². The Morgan fingerprint density at radius 3 is 2.49 bits per heavy atom. The van der Waals surface area contributed by atoms with Crippen molar-refractivity contribution in [2.24, 2.45) is 5.92 Å². The van der Waals surface area contributed by atoms with Crippen molar-refractivity contribution in [3.63, 3.8) is 0 Å². The average Bonchev–Trinajstić information content (AvgIpc) is 3.27. The lowest BCUT2D eigenvalue weighted by Gasteiger charge is -2.21. The van der Waals surface area contributed by atoms with Crippen LogP contribution in [0.2, 0.25) is 10.0 Å². The van der Waals surface area contributed by atoms with Gasteiger partial charge in [0.15, 0.2) is 0 Å². The molecule has 7 nitrogen and oxygen atoms in total. The van der Waals surface area contributed by atoms with Crippen LogP contribution in [0.1, 0.15) is 36.4 Å². The van der Waals surface area contributed by atoms with E-state index in [1.807, 2.05) is 38.1 Å². The molecule has 0 aliphatic heterocycles. The van der Waals surface area contributed by atoms with E-state index >= 15 is 0 Å². The zero-order chi connectivity index (χ0) is 27.3. The molecule has 200 valence electrons. The first-order valence-corrected chi connectivity index (χ1v) is 14.6. The molecule has 12 heteroatoms. The Hall–Kier alpha value is -2.24. The molecule has 0 spiro atoms. The fourth-order valence-corrected chi connectivity index (χ4v) is 6.56. The fraction of sp³-hybridized carbons (Fsp3) is 0.360. The molecule has 1 heterocycles. The molecule has 0 saturated heterocycles. The summed E-state index contributed by atoms with van der Waals surface area (Å²) in [5.74, 6) is -1.41. The molecule has 2 N–H and O–H groups in total. The minimum Gasteiger partial charge on any atom is -0.354 e. The lowest BCUT2D eigenvalue weighted by atomic mass is 10.0. The van der Waals surface area contributed by atoms with Crippen molar-refractivity contribution in [1.82, 2.24) is 14.9 Å². The van der Waals surface area contributed by atoms with Gasteiger partial charge in [-0.1, -0.05) is 55.2 Å². The third kappa shape index (κ3) is 7.42. The maximum Gasteiger partial charge on any atom is 0.262 e. The van der Waals surface area contributed by atoms with E-state index in [9.17, 15) is 22.4 Å². The van der Waals surface area contributed by atoms with Gasteiger partial charge in [0.25, 0.3) is 5.91 Å². The maximum atomic E-state index is 13.8. The Kier molecular flexibility index (Phi) is 9.93. The lowest BCUT2D eigenvalue weighted by molar-refractivity contribution is -0.123. The number of halogens is 3. The molecule has 3 aromatic rings. The summed E-state index contributed by atoms with van der Waals surface area (Å²) in [5, 5.41) is 6.11. The summed E-state index contributed by atoms with van der Waals surface area (Å²) in [5.41, 5.74) is 0. The van der Waals surface area contributed by atoms with Crippen LogP contribution >= 0.6 is 34.5 Å². The van der Waals surface area contributed by atoms with Gasteiger partial charge in [-0.3, -0.25) is 9.59 Å². The zero-order valence-corrected chi connectivity index (χ0v) is 23.7. The molecule has 1 aromatic heterocycles. The van der Waals surface area contributed by atoms with Crippen molar-refractivity contribution < 1.29 is 22.4 Å². The third-order valence-electron chi connectivity index (χ3n) is 5.59. The van der Waals surface area contributed by atoms with Gasteiger partial charge in [-0.2, -0.15) is 0 Å². The highest BCUT2D eigenvalue weighted by atomic mass is 35.5. The number of fused-ring (bicyclic) bond motifs is 1. The van der Waals surface area contributed by atoms with Crippen LogP contribution in [0.5, 0.6) is 0 Å². The lowest BCUT2D eigenvalue weighted by Crippen LogP contribution is -2.47. The van der Waals surface area contributed by atoms with Gasteiger partial charge in [-0.15, -0.1) is 11.3 Å². The maximum absolute atomic E-state index is 13.8. The van der Waals surface area contributed by atoms with Gasteiger partial charge in [-0.05, 0) is 48.4 Å². The molecule has 2 aromatic carbocycles. The summed E-state index contributed by atoms with van der Waals surface area (Å²) in [6.45, 7) is 4.13. The summed E-state index contributed by atoms with van der Waals surface area (Å²) < 4.78 is 41.4. The van der Waals surface area contributed by atoms with Crippen LogP contribution in [0, 0.1) is 11.7 Å². The molecule has 0 fully saturated rings. The number of nitrogens with one attached hydrogen (secondary N) is 2. The Morgan fingerprint density at radius 2 is 1.81 bits per heavy atom. The predicted molar refractivity (Wildman–Crippen MR) is 146 cm³/mol. The average molecular weight is 589 g/mol. The molecule has 0 bridgehead atoms. The number of sulfonamides is 1. The van der Waals surface area contributed by atoms with Gasteiger partial charge in [0, 0.05) is 24.8 Å². The van der Waals surface area contributed by atoms with Gasteiger partial charge in [-0.25, -0.2) is 17.1 Å². The second-order valence-corrected chi connectivity index (χ2v) is 12.9. The van der Waals surface area contributed by atoms with Crippen molar-refractivity contribution in [3.05, 3.63) is 63.2 Å². The number of benzene rings is 2. The highest BCUT2D eigenvalue weighted by Crippen LogP contribution is 2.29. The molecule has 0 saturated carbocycles. The summed E-state index contributed by atoms with van der Waals surface area (Å²) >= 11 is 13.0. The minimum atomic E-state index is -4.07.